The van der Waals surface area contributed by atoms with Crippen molar-refractivity contribution in [3.8, 4) is 0 Å². The molecule has 1 aliphatic rings. The molecule has 0 spiro atoms. The third-order valence-corrected chi connectivity index (χ3v) is 5.67. The van der Waals surface area contributed by atoms with Crippen molar-refractivity contribution < 1.29 is 0 Å². The van der Waals surface area contributed by atoms with Gasteiger partial charge in [-0.05, 0) is 32.3 Å². The Bertz CT molecular complexity index is 695. The van der Waals surface area contributed by atoms with Crippen LogP contribution in [0, 0.1) is 6.92 Å². The summed E-state index contributed by atoms with van der Waals surface area (Å²) in [6, 6.07) is 11.2. The molecule has 0 bridgehead atoms. The zero-order chi connectivity index (χ0) is 18.2. The van der Waals surface area contributed by atoms with Gasteiger partial charge in [-0.3, -0.25) is 4.90 Å². The Morgan fingerprint density at radius 1 is 1.26 bits per heavy atom. The van der Waals surface area contributed by atoms with E-state index in [-0.39, 0.29) is 24.0 Å². The molecule has 1 aliphatic heterocycles. The lowest BCUT2D eigenvalue weighted by atomic mass is 10.0. The Hall–Kier alpha value is -1.19. The Morgan fingerprint density at radius 2 is 2.00 bits per heavy atom. The van der Waals surface area contributed by atoms with Crippen LogP contribution in [-0.2, 0) is 13.1 Å². The number of rotatable bonds is 6. The number of thiazole rings is 1. The molecule has 7 heteroatoms. The summed E-state index contributed by atoms with van der Waals surface area (Å²) in [7, 11) is 0. The SMILES string of the molecule is CCNC(=NCc1scnc1C)NC1CCN(Cc2ccccc2)CC1.I. The van der Waals surface area contributed by atoms with Crippen LogP contribution in [0.15, 0.2) is 40.8 Å². The summed E-state index contributed by atoms with van der Waals surface area (Å²) in [6.45, 7) is 9.02. The average molecular weight is 499 g/mol. The highest BCUT2D eigenvalue weighted by Crippen LogP contribution is 2.15. The first-order chi connectivity index (χ1) is 12.7. The van der Waals surface area contributed by atoms with Gasteiger partial charge in [-0.2, -0.15) is 0 Å². The van der Waals surface area contributed by atoms with Crippen molar-refractivity contribution in [1.82, 2.24) is 20.5 Å². The number of nitrogens with one attached hydrogen (secondary N) is 2. The van der Waals surface area contributed by atoms with Crippen molar-refractivity contribution in [2.45, 2.75) is 45.8 Å². The highest BCUT2D eigenvalue weighted by Gasteiger charge is 2.20. The minimum Gasteiger partial charge on any atom is -0.357 e. The number of aryl methyl sites for hydroxylation is 1. The Morgan fingerprint density at radius 3 is 2.63 bits per heavy atom. The third kappa shape index (κ3) is 7.04. The molecule has 0 unspecified atom stereocenters. The number of aromatic nitrogens is 1. The fraction of sp³-hybridized carbons (Fsp3) is 0.500. The zero-order valence-electron chi connectivity index (χ0n) is 16.1. The number of aliphatic imine (C=N–C) groups is 1. The summed E-state index contributed by atoms with van der Waals surface area (Å²) in [4.78, 5) is 12.8. The van der Waals surface area contributed by atoms with Gasteiger partial charge < -0.3 is 10.6 Å². The maximum absolute atomic E-state index is 4.75. The van der Waals surface area contributed by atoms with Crippen LogP contribution >= 0.6 is 35.3 Å². The van der Waals surface area contributed by atoms with Crippen LogP contribution in [0.4, 0.5) is 0 Å². The fourth-order valence-corrected chi connectivity index (χ4v) is 3.92. The Kier molecular flexibility index (Phi) is 9.50. The van der Waals surface area contributed by atoms with E-state index in [1.165, 1.54) is 10.4 Å². The summed E-state index contributed by atoms with van der Waals surface area (Å²) in [5.74, 6) is 0.918. The lowest BCUT2D eigenvalue weighted by molar-refractivity contribution is 0.198. The first kappa shape index (κ1) is 22.1. The van der Waals surface area contributed by atoms with E-state index < -0.39 is 0 Å². The number of hydrogen-bond donors (Lipinski definition) is 2. The molecule has 148 valence electrons. The molecule has 1 saturated heterocycles. The van der Waals surface area contributed by atoms with Crippen molar-refractivity contribution in [3.63, 3.8) is 0 Å². The number of guanidine groups is 1. The van der Waals surface area contributed by atoms with E-state index in [4.69, 9.17) is 4.99 Å². The van der Waals surface area contributed by atoms with Crippen molar-refractivity contribution in [3.05, 3.63) is 52.0 Å². The number of likely N-dealkylation sites (tertiary alicyclic amines) is 1. The van der Waals surface area contributed by atoms with Gasteiger partial charge in [0.1, 0.15) is 0 Å². The second kappa shape index (κ2) is 11.6. The van der Waals surface area contributed by atoms with E-state index in [0.717, 1.165) is 50.7 Å². The molecule has 2 aromatic rings. The lowest BCUT2D eigenvalue weighted by Gasteiger charge is -2.33. The molecule has 1 fully saturated rings. The minimum atomic E-state index is 0. The predicted molar refractivity (Wildman–Crippen MR) is 125 cm³/mol. The summed E-state index contributed by atoms with van der Waals surface area (Å²) in [5, 5.41) is 6.99. The molecular formula is C20H30IN5S. The van der Waals surface area contributed by atoms with Crippen molar-refractivity contribution in [1.29, 1.82) is 0 Å². The highest BCUT2D eigenvalue weighted by atomic mass is 127. The largest absolute Gasteiger partial charge is 0.357 e. The average Bonchev–Trinajstić information content (AvgIpc) is 3.07. The highest BCUT2D eigenvalue weighted by molar-refractivity contribution is 14.0. The Balaban J connectivity index is 0.00000261. The maximum atomic E-state index is 4.75. The fourth-order valence-electron chi connectivity index (χ4n) is 3.22. The number of nitrogens with zero attached hydrogens (tertiary/aromatic N) is 3. The monoisotopic (exact) mass is 499 g/mol. The van der Waals surface area contributed by atoms with Crippen molar-refractivity contribution >= 4 is 41.3 Å². The summed E-state index contributed by atoms with van der Waals surface area (Å²) in [6.07, 6.45) is 2.30. The topological polar surface area (TPSA) is 52.6 Å². The third-order valence-electron chi connectivity index (χ3n) is 4.75. The molecule has 0 amide bonds. The molecule has 2 N–H and O–H groups in total. The van der Waals surface area contributed by atoms with Gasteiger partial charge in [0.05, 0.1) is 17.7 Å². The quantitative estimate of drug-likeness (QED) is 0.361. The van der Waals surface area contributed by atoms with Crippen LogP contribution in [-0.4, -0.2) is 41.5 Å². The van der Waals surface area contributed by atoms with Crippen LogP contribution in [0.25, 0.3) is 0 Å². The van der Waals surface area contributed by atoms with Gasteiger partial charge in [0.15, 0.2) is 5.96 Å². The van der Waals surface area contributed by atoms with Gasteiger partial charge in [-0.1, -0.05) is 30.3 Å². The van der Waals surface area contributed by atoms with Crippen LogP contribution < -0.4 is 10.6 Å². The summed E-state index contributed by atoms with van der Waals surface area (Å²) < 4.78 is 0. The molecule has 1 aromatic heterocycles. The Labute approximate surface area is 183 Å². The molecule has 5 nitrogen and oxygen atoms in total. The summed E-state index contributed by atoms with van der Waals surface area (Å²) >= 11 is 1.68. The maximum Gasteiger partial charge on any atom is 0.191 e. The van der Waals surface area contributed by atoms with E-state index in [2.05, 4.69) is 57.8 Å². The molecule has 27 heavy (non-hydrogen) atoms. The van der Waals surface area contributed by atoms with Gasteiger partial charge >= 0.3 is 0 Å². The van der Waals surface area contributed by atoms with Gasteiger partial charge in [0.25, 0.3) is 0 Å². The normalized spacial score (nSPS) is 16.0. The van der Waals surface area contributed by atoms with Gasteiger partial charge in [0, 0.05) is 37.1 Å². The van der Waals surface area contributed by atoms with Gasteiger partial charge in [-0.15, -0.1) is 35.3 Å². The first-order valence-electron chi connectivity index (χ1n) is 9.44. The van der Waals surface area contributed by atoms with Crippen LogP contribution in [0.1, 0.15) is 35.9 Å². The smallest absolute Gasteiger partial charge is 0.191 e. The molecule has 0 atom stereocenters. The molecular weight excluding hydrogens is 469 g/mol. The predicted octanol–water partition coefficient (Wildman–Crippen LogP) is 3.79. The molecule has 0 aliphatic carbocycles. The van der Waals surface area contributed by atoms with Crippen molar-refractivity contribution in [2.75, 3.05) is 19.6 Å². The molecule has 1 aromatic carbocycles. The second-order valence-electron chi connectivity index (χ2n) is 6.74. The van der Waals surface area contributed by atoms with Gasteiger partial charge in [-0.25, -0.2) is 9.98 Å². The number of halogens is 1. The molecule has 2 heterocycles. The number of benzene rings is 1. The first-order valence-corrected chi connectivity index (χ1v) is 10.3. The van der Waals surface area contributed by atoms with E-state index in [0.29, 0.717) is 12.6 Å². The van der Waals surface area contributed by atoms with E-state index in [9.17, 15) is 0 Å². The van der Waals surface area contributed by atoms with E-state index in [1.54, 1.807) is 11.3 Å². The minimum absolute atomic E-state index is 0. The van der Waals surface area contributed by atoms with Crippen molar-refractivity contribution in [2.24, 2.45) is 4.99 Å². The number of piperidine rings is 1. The standard InChI is InChI=1S/C20H29N5S.HI/c1-3-21-20(22-13-19-16(2)23-15-26-19)24-18-9-11-25(12-10-18)14-17-7-5-4-6-8-17;/h4-8,15,18H,3,9-14H2,1-2H3,(H2,21,22,24);1H. The zero-order valence-corrected chi connectivity index (χ0v) is 19.3. The van der Waals surface area contributed by atoms with Crippen LogP contribution in [0.5, 0.6) is 0 Å². The molecule has 0 radical (unpaired) electrons. The van der Waals surface area contributed by atoms with Crippen LogP contribution in [0.2, 0.25) is 0 Å². The van der Waals surface area contributed by atoms with Crippen LogP contribution in [0.3, 0.4) is 0 Å². The van der Waals surface area contributed by atoms with E-state index in [1.807, 2.05) is 12.4 Å². The summed E-state index contributed by atoms with van der Waals surface area (Å²) in [5.41, 5.74) is 4.38. The van der Waals surface area contributed by atoms with E-state index >= 15 is 0 Å². The second-order valence-corrected chi connectivity index (χ2v) is 7.68. The number of hydrogen-bond acceptors (Lipinski definition) is 4. The van der Waals surface area contributed by atoms with Gasteiger partial charge in [0.2, 0.25) is 0 Å². The molecule has 0 saturated carbocycles. The molecule has 3 rings (SSSR count). The lowest BCUT2D eigenvalue weighted by Crippen LogP contribution is -2.48.